The Morgan fingerprint density at radius 1 is 1.67 bits per heavy atom. The second-order valence-electron chi connectivity index (χ2n) is 3.04. The van der Waals surface area contributed by atoms with Gasteiger partial charge >= 0.3 is 5.97 Å². The monoisotopic (exact) mass is 229 g/mol. The van der Waals surface area contributed by atoms with Crippen molar-refractivity contribution in [3.63, 3.8) is 0 Å². The van der Waals surface area contributed by atoms with Gasteiger partial charge in [-0.2, -0.15) is 0 Å². The molecule has 15 heavy (non-hydrogen) atoms. The summed E-state index contributed by atoms with van der Waals surface area (Å²) >= 11 is 1.00. The molecule has 0 aliphatic heterocycles. The van der Waals surface area contributed by atoms with Crippen LogP contribution < -0.4 is 5.73 Å². The Bertz CT molecular complexity index is 370. The number of carbonyl (C=O) groups is 1. The van der Waals surface area contributed by atoms with Crippen molar-refractivity contribution in [3.8, 4) is 0 Å². The minimum atomic E-state index is -0.932. The van der Waals surface area contributed by atoms with Crippen molar-refractivity contribution >= 4 is 23.4 Å². The van der Waals surface area contributed by atoms with E-state index in [0.29, 0.717) is 17.0 Å². The molecule has 0 aliphatic carbocycles. The number of carboxylic acids is 1. The van der Waals surface area contributed by atoms with Crippen LogP contribution in [0.3, 0.4) is 0 Å². The van der Waals surface area contributed by atoms with Crippen LogP contribution in [0.25, 0.3) is 0 Å². The van der Waals surface area contributed by atoms with Gasteiger partial charge in [0.15, 0.2) is 0 Å². The Hall–Kier alpha value is -1.23. The number of rotatable bonds is 4. The lowest BCUT2D eigenvalue weighted by molar-refractivity contribution is -0.136. The van der Waals surface area contributed by atoms with Crippen molar-refractivity contribution in [1.82, 2.24) is 0 Å². The summed E-state index contributed by atoms with van der Waals surface area (Å²) in [5.41, 5.74) is 5.72. The second kappa shape index (κ2) is 5.02. The van der Waals surface area contributed by atoms with E-state index in [1.54, 1.807) is 13.0 Å². The van der Waals surface area contributed by atoms with Crippen molar-refractivity contribution in [1.29, 1.82) is 0 Å². The van der Waals surface area contributed by atoms with E-state index in [4.69, 9.17) is 10.8 Å². The maximum atomic E-state index is 13.3. The highest BCUT2D eigenvalue weighted by Gasteiger charge is 2.18. The number of halogens is 1. The molecule has 0 saturated carbocycles. The molecule has 0 spiro atoms. The molecule has 0 fully saturated rings. The number of anilines is 1. The van der Waals surface area contributed by atoms with E-state index in [9.17, 15) is 9.18 Å². The maximum Gasteiger partial charge on any atom is 0.316 e. The zero-order valence-electron chi connectivity index (χ0n) is 8.24. The highest BCUT2D eigenvalue weighted by molar-refractivity contribution is 8.00. The average molecular weight is 229 g/mol. The van der Waals surface area contributed by atoms with Crippen LogP contribution >= 0.6 is 11.8 Å². The molecule has 1 aromatic rings. The van der Waals surface area contributed by atoms with E-state index in [-0.39, 0.29) is 0 Å². The molecule has 0 heterocycles. The quantitative estimate of drug-likeness (QED) is 0.614. The molecule has 0 bridgehead atoms. The maximum absolute atomic E-state index is 13.3. The summed E-state index contributed by atoms with van der Waals surface area (Å²) in [6.07, 6.45) is 0.448. The Labute approximate surface area is 91.5 Å². The smallest absolute Gasteiger partial charge is 0.316 e. The largest absolute Gasteiger partial charge is 0.480 e. The summed E-state index contributed by atoms with van der Waals surface area (Å²) in [6, 6.07) is 4.25. The third-order valence-electron chi connectivity index (χ3n) is 1.87. The van der Waals surface area contributed by atoms with Gasteiger partial charge < -0.3 is 10.8 Å². The van der Waals surface area contributed by atoms with Gasteiger partial charge in [0, 0.05) is 10.6 Å². The fourth-order valence-electron chi connectivity index (χ4n) is 1.07. The summed E-state index contributed by atoms with van der Waals surface area (Å²) in [5, 5.41) is 8.19. The number of thioether (sulfide) groups is 1. The fourth-order valence-corrected chi connectivity index (χ4v) is 1.97. The highest BCUT2D eigenvalue weighted by atomic mass is 32.2. The number of hydrogen-bond donors (Lipinski definition) is 2. The number of nitrogen functional groups attached to an aromatic ring is 1. The van der Waals surface area contributed by atoms with Crippen LogP contribution in [-0.2, 0) is 4.79 Å². The molecule has 0 radical (unpaired) electrons. The lowest BCUT2D eigenvalue weighted by Crippen LogP contribution is -2.14. The Morgan fingerprint density at radius 3 is 2.80 bits per heavy atom. The molecule has 3 nitrogen and oxygen atoms in total. The Kier molecular flexibility index (Phi) is 3.96. The Balaban J connectivity index is 2.84. The van der Waals surface area contributed by atoms with Crippen molar-refractivity contribution in [3.05, 3.63) is 24.0 Å². The van der Waals surface area contributed by atoms with E-state index in [2.05, 4.69) is 0 Å². The zero-order valence-corrected chi connectivity index (χ0v) is 9.05. The molecule has 1 aromatic carbocycles. The van der Waals surface area contributed by atoms with E-state index < -0.39 is 17.0 Å². The van der Waals surface area contributed by atoms with Gasteiger partial charge in [-0.25, -0.2) is 4.39 Å². The van der Waals surface area contributed by atoms with Crippen molar-refractivity contribution in [2.45, 2.75) is 23.5 Å². The van der Waals surface area contributed by atoms with Crippen molar-refractivity contribution in [2.24, 2.45) is 0 Å². The molecular weight excluding hydrogens is 217 g/mol. The minimum absolute atomic E-state index is 0.318. The SMILES string of the molecule is CCC(Sc1ccc(N)cc1F)C(=O)O. The summed E-state index contributed by atoms with van der Waals surface area (Å²) < 4.78 is 13.3. The molecule has 3 N–H and O–H groups in total. The lowest BCUT2D eigenvalue weighted by atomic mass is 10.3. The highest BCUT2D eigenvalue weighted by Crippen LogP contribution is 2.28. The standard InChI is InChI=1S/C10H12FNO2S/c1-2-8(10(13)14)15-9-4-3-6(12)5-7(9)11/h3-5,8H,2,12H2,1H3,(H,13,14). The van der Waals surface area contributed by atoms with Gasteiger partial charge in [0.2, 0.25) is 0 Å². The summed E-state index contributed by atoms with van der Waals surface area (Å²) in [6.45, 7) is 1.75. The van der Waals surface area contributed by atoms with E-state index in [1.165, 1.54) is 12.1 Å². The Morgan fingerprint density at radius 2 is 2.33 bits per heavy atom. The van der Waals surface area contributed by atoms with E-state index in [0.717, 1.165) is 11.8 Å². The van der Waals surface area contributed by atoms with Crippen LogP contribution in [0.2, 0.25) is 0 Å². The lowest BCUT2D eigenvalue weighted by Gasteiger charge is -2.10. The van der Waals surface area contributed by atoms with Crippen LogP contribution in [0.5, 0.6) is 0 Å². The van der Waals surface area contributed by atoms with Gasteiger partial charge in [0.05, 0.1) is 0 Å². The number of carboxylic acid groups (broad SMARTS) is 1. The molecule has 82 valence electrons. The minimum Gasteiger partial charge on any atom is -0.480 e. The molecule has 0 aromatic heterocycles. The normalized spacial score (nSPS) is 12.4. The molecule has 5 heteroatoms. The predicted octanol–water partition coefficient (Wildman–Crippen LogP) is 2.36. The molecular formula is C10H12FNO2S. The molecule has 0 saturated heterocycles. The van der Waals surface area contributed by atoms with E-state index >= 15 is 0 Å². The summed E-state index contributed by atoms with van der Waals surface area (Å²) in [7, 11) is 0. The fraction of sp³-hybridized carbons (Fsp3) is 0.300. The molecule has 0 aliphatic rings. The van der Waals surface area contributed by atoms with Gasteiger partial charge in [0.25, 0.3) is 0 Å². The first kappa shape index (κ1) is 11.8. The van der Waals surface area contributed by atoms with Gasteiger partial charge in [-0.1, -0.05) is 6.92 Å². The number of nitrogens with two attached hydrogens (primary N) is 1. The van der Waals surface area contributed by atoms with Crippen LogP contribution in [0.1, 0.15) is 13.3 Å². The van der Waals surface area contributed by atoms with Crippen LogP contribution in [0, 0.1) is 5.82 Å². The molecule has 1 rings (SSSR count). The van der Waals surface area contributed by atoms with Crippen molar-refractivity contribution in [2.75, 3.05) is 5.73 Å². The molecule has 1 atom stereocenters. The topological polar surface area (TPSA) is 63.3 Å². The third-order valence-corrected chi connectivity index (χ3v) is 3.28. The molecule has 0 amide bonds. The van der Waals surface area contributed by atoms with Crippen LogP contribution in [0.4, 0.5) is 10.1 Å². The van der Waals surface area contributed by atoms with Gasteiger partial charge in [-0.3, -0.25) is 4.79 Å². The zero-order chi connectivity index (χ0) is 11.4. The van der Waals surface area contributed by atoms with Crippen LogP contribution in [0.15, 0.2) is 23.1 Å². The first-order chi connectivity index (χ1) is 7.04. The van der Waals surface area contributed by atoms with Crippen molar-refractivity contribution < 1.29 is 14.3 Å². The third kappa shape index (κ3) is 3.13. The number of benzene rings is 1. The van der Waals surface area contributed by atoms with E-state index in [1.807, 2.05) is 0 Å². The van der Waals surface area contributed by atoms with Crippen LogP contribution in [-0.4, -0.2) is 16.3 Å². The molecule has 1 unspecified atom stereocenters. The summed E-state index contributed by atoms with van der Waals surface area (Å²) in [5.74, 6) is -1.40. The second-order valence-corrected chi connectivity index (χ2v) is 4.29. The number of hydrogen-bond acceptors (Lipinski definition) is 3. The predicted molar refractivity (Wildman–Crippen MR) is 58.4 cm³/mol. The van der Waals surface area contributed by atoms with Gasteiger partial charge in [-0.15, -0.1) is 11.8 Å². The van der Waals surface area contributed by atoms with Gasteiger partial charge in [0.1, 0.15) is 11.1 Å². The summed E-state index contributed by atoms with van der Waals surface area (Å²) in [4.78, 5) is 11.1. The average Bonchev–Trinajstić information content (AvgIpc) is 2.16. The van der Waals surface area contributed by atoms with Gasteiger partial charge in [-0.05, 0) is 24.6 Å². The first-order valence-corrected chi connectivity index (χ1v) is 5.37. The first-order valence-electron chi connectivity index (χ1n) is 4.49. The number of aliphatic carboxylic acids is 1.